The Kier molecular flexibility index (Phi) is 15.1. The Hall–Kier alpha value is -3.95. The summed E-state index contributed by atoms with van der Waals surface area (Å²) < 4.78 is 16.2. The summed E-state index contributed by atoms with van der Waals surface area (Å²) in [5, 5.41) is 18.0. The van der Waals surface area contributed by atoms with Crippen LogP contribution in [0, 0.1) is 0 Å². The van der Waals surface area contributed by atoms with Crippen molar-refractivity contribution in [3.8, 4) is 0 Å². The number of amides is 5. The number of carbonyl (C=O) groups excluding carboxylic acids is 6. The number of carboxylic acids is 1. The zero-order valence-electron chi connectivity index (χ0n) is 26.4. The van der Waals surface area contributed by atoms with Crippen LogP contribution in [-0.4, -0.2) is 94.8 Å². The van der Waals surface area contributed by atoms with E-state index in [0.29, 0.717) is 0 Å². The van der Waals surface area contributed by atoms with Crippen molar-refractivity contribution in [1.29, 1.82) is 0 Å². The van der Waals surface area contributed by atoms with Gasteiger partial charge in [0.2, 0.25) is 23.6 Å². The molecule has 0 aliphatic rings. The number of hydrogen-bond donors (Lipinski definition) is 6. The maximum absolute atomic E-state index is 13.4. The third-order valence-electron chi connectivity index (χ3n) is 4.83. The van der Waals surface area contributed by atoms with Gasteiger partial charge in [0.1, 0.15) is 35.9 Å². The second kappa shape index (κ2) is 16.6. The van der Waals surface area contributed by atoms with E-state index in [-0.39, 0.29) is 12.8 Å². The van der Waals surface area contributed by atoms with Crippen molar-refractivity contribution in [3.05, 3.63) is 0 Å². The van der Waals surface area contributed by atoms with Gasteiger partial charge in [-0.05, 0) is 68.7 Å². The Bertz CT molecular complexity index is 1030. The Labute approximate surface area is 251 Å². The van der Waals surface area contributed by atoms with E-state index in [0.717, 1.165) is 0 Å². The van der Waals surface area contributed by atoms with Gasteiger partial charge in [-0.15, -0.1) is 0 Å². The monoisotopic (exact) mass is 617 g/mol. The maximum Gasteiger partial charge on any atom is 0.408 e. The highest BCUT2D eigenvalue weighted by atomic mass is 16.6. The van der Waals surface area contributed by atoms with E-state index in [4.69, 9.17) is 25.1 Å². The summed E-state index contributed by atoms with van der Waals surface area (Å²) in [6.07, 6.45) is -2.13. The first-order valence-corrected chi connectivity index (χ1v) is 13.6. The van der Waals surface area contributed by atoms with Gasteiger partial charge in [-0.2, -0.15) is 0 Å². The van der Waals surface area contributed by atoms with Crippen LogP contribution in [0.3, 0.4) is 0 Å². The van der Waals surface area contributed by atoms with Crippen molar-refractivity contribution in [2.45, 2.75) is 117 Å². The van der Waals surface area contributed by atoms with Crippen molar-refractivity contribution in [2.24, 2.45) is 5.73 Å². The molecule has 43 heavy (non-hydrogen) atoms. The quantitative estimate of drug-likeness (QED) is 0.132. The summed E-state index contributed by atoms with van der Waals surface area (Å²) in [5.41, 5.74) is 2.71. The Morgan fingerprint density at radius 1 is 0.698 bits per heavy atom. The fourth-order valence-electron chi connectivity index (χ4n) is 3.13. The van der Waals surface area contributed by atoms with Crippen LogP contribution in [0.1, 0.15) is 81.6 Å². The van der Waals surface area contributed by atoms with Gasteiger partial charge >= 0.3 is 18.0 Å². The summed E-state index contributed by atoms with van der Waals surface area (Å²) >= 11 is 0. The number of carboxylic acid groups (broad SMARTS) is 1. The van der Waals surface area contributed by atoms with E-state index in [9.17, 15) is 33.6 Å². The first-order chi connectivity index (χ1) is 19.4. The van der Waals surface area contributed by atoms with Gasteiger partial charge in [0.25, 0.3) is 0 Å². The molecule has 0 aliphatic carbocycles. The molecule has 0 saturated carbocycles. The van der Waals surface area contributed by atoms with Crippen LogP contribution >= 0.6 is 0 Å². The summed E-state index contributed by atoms with van der Waals surface area (Å²) in [6, 6.07) is -4.41. The van der Waals surface area contributed by atoms with E-state index < -0.39 is 96.2 Å². The minimum absolute atomic E-state index is 0.226. The van der Waals surface area contributed by atoms with Gasteiger partial charge in [0, 0.05) is 6.42 Å². The molecule has 0 rings (SSSR count). The average Bonchev–Trinajstić information content (AvgIpc) is 2.78. The molecule has 0 aliphatic heterocycles. The van der Waals surface area contributed by atoms with Crippen LogP contribution in [0.15, 0.2) is 0 Å². The number of nitrogens with one attached hydrogen (secondary N) is 4. The van der Waals surface area contributed by atoms with Crippen molar-refractivity contribution in [1.82, 2.24) is 21.3 Å². The molecule has 0 saturated heterocycles. The van der Waals surface area contributed by atoms with E-state index >= 15 is 0 Å². The number of alkyl carbamates (subject to hydrolysis) is 1. The summed E-state index contributed by atoms with van der Waals surface area (Å²) in [5.74, 6) is -5.84. The van der Waals surface area contributed by atoms with Gasteiger partial charge < -0.3 is 46.3 Å². The molecule has 246 valence electrons. The van der Waals surface area contributed by atoms with Crippen LogP contribution < -0.4 is 27.0 Å². The number of ether oxygens (including phenoxy) is 3. The van der Waals surface area contributed by atoms with Crippen molar-refractivity contribution in [3.63, 3.8) is 0 Å². The molecule has 0 radical (unpaired) electrons. The minimum atomic E-state index is -1.57. The molecule has 0 aromatic carbocycles. The number of rotatable bonds is 15. The summed E-state index contributed by atoms with van der Waals surface area (Å²) in [7, 11) is 0. The first kappa shape index (κ1) is 39.0. The molecule has 5 amide bonds. The Balaban J connectivity index is 6.05. The third kappa shape index (κ3) is 19.7. The molecule has 0 aromatic heterocycles. The molecule has 7 N–H and O–H groups in total. The lowest BCUT2D eigenvalue weighted by Crippen LogP contribution is -2.59. The van der Waals surface area contributed by atoms with Gasteiger partial charge in [-0.1, -0.05) is 0 Å². The summed E-state index contributed by atoms with van der Waals surface area (Å²) in [4.78, 5) is 86.2. The lowest BCUT2D eigenvalue weighted by molar-refractivity contribution is -0.155. The smallest absolute Gasteiger partial charge is 0.408 e. The van der Waals surface area contributed by atoms with Gasteiger partial charge in [0.05, 0.1) is 18.6 Å². The molecule has 16 heteroatoms. The number of esters is 1. The predicted molar refractivity (Wildman–Crippen MR) is 152 cm³/mol. The van der Waals surface area contributed by atoms with E-state index in [1.54, 1.807) is 62.3 Å². The topological polar surface area (TPSA) is 242 Å². The van der Waals surface area contributed by atoms with E-state index in [1.165, 1.54) is 0 Å². The SMILES string of the molecule is CC(C)(C)OC[C@H](NC(=O)[C@H](CCC(=O)OC(C)(C)C)NC(=O)OC(C)(C)C)C(=O)N[C@@H](CC(N)=O)C(=O)NCC(=O)O. The highest BCUT2D eigenvalue weighted by molar-refractivity contribution is 5.96. The lowest BCUT2D eigenvalue weighted by Gasteiger charge is -2.28. The number of primary amides is 1. The molecule has 3 atom stereocenters. The van der Waals surface area contributed by atoms with Crippen LogP contribution in [0.5, 0.6) is 0 Å². The lowest BCUT2D eigenvalue weighted by atomic mass is 10.1. The standard InChI is InChI=1S/C27H47N5O11/c1-25(2,3)41-14-17(23(39)30-16(12-18(28)33)21(37)29-13-19(34)35)31-22(38)15(32-24(40)43-27(7,8)9)10-11-20(36)42-26(4,5)6/h15-17H,10-14H2,1-9H3,(H2,28,33)(H,29,37)(H,30,39)(H,31,38)(H,32,40)(H,34,35)/t15-,16-,17-/m0/s1. The third-order valence-corrected chi connectivity index (χ3v) is 4.83. The molecular weight excluding hydrogens is 570 g/mol. The fourth-order valence-corrected chi connectivity index (χ4v) is 3.13. The zero-order chi connectivity index (χ0) is 33.8. The Morgan fingerprint density at radius 2 is 1.21 bits per heavy atom. The Morgan fingerprint density at radius 3 is 1.67 bits per heavy atom. The number of carbonyl (C=O) groups is 7. The minimum Gasteiger partial charge on any atom is -0.480 e. The van der Waals surface area contributed by atoms with Gasteiger partial charge in [-0.25, -0.2) is 4.79 Å². The van der Waals surface area contributed by atoms with Crippen molar-refractivity contribution in [2.75, 3.05) is 13.2 Å². The highest BCUT2D eigenvalue weighted by Crippen LogP contribution is 2.13. The predicted octanol–water partition coefficient (Wildman–Crippen LogP) is -0.137. The normalized spacial score (nSPS) is 13.9. The largest absolute Gasteiger partial charge is 0.480 e. The second-order valence-corrected chi connectivity index (χ2v) is 12.7. The van der Waals surface area contributed by atoms with Gasteiger partial charge in [-0.3, -0.25) is 28.8 Å². The van der Waals surface area contributed by atoms with Crippen LogP contribution in [0.2, 0.25) is 0 Å². The van der Waals surface area contributed by atoms with Crippen LogP contribution in [-0.2, 0) is 43.0 Å². The fraction of sp³-hybridized carbons (Fsp3) is 0.741. The number of hydrogen-bond acceptors (Lipinski definition) is 10. The zero-order valence-corrected chi connectivity index (χ0v) is 26.4. The molecule has 0 aromatic rings. The average molecular weight is 618 g/mol. The van der Waals surface area contributed by atoms with Gasteiger partial charge in [0.15, 0.2) is 0 Å². The van der Waals surface area contributed by atoms with Crippen LogP contribution in [0.4, 0.5) is 4.79 Å². The first-order valence-electron chi connectivity index (χ1n) is 13.6. The molecule has 0 heterocycles. The van der Waals surface area contributed by atoms with Crippen molar-refractivity contribution >= 4 is 41.7 Å². The highest BCUT2D eigenvalue weighted by Gasteiger charge is 2.33. The number of nitrogens with two attached hydrogens (primary N) is 1. The van der Waals surface area contributed by atoms with E-state index in [1.807, 2.05) is 5.32 Å². The molecule has 0 spiro atoms. The molecule has 0 fully saturated rings. The second-order valence-electron chi connectivity index (χ2n) is 12.7. The number of aliphatic carboxylic acids is 1. The van der Waals surface area contributed by atoms with E-state index in [2.05, 4.69) is 16.0 Å². The molecular formula is C27H47N5O11. The van der Waals surface area contributed by atoms with Crippen molar-refractivity contribution < 1.29 is 52.9 Å². The summed E-state index contributed by atoms with van der Waals surface area (Å²) in [6.45, 7) is 13.7. The molecule has 0 unspecified atom stereocenters. The molecule has 0 bridgehead atoms. The molecule has 16 nitrogen and oxygen atoms in total. The van der Waals surface area contributed by atoms with Crippen LogP contribution in [0.25, 0.3) is 0 Å². The maximum atomic E-state index is 13.4.